The van der Waals surface area contributed by atoms with Gasteiger partial charge in [-0.3, -0.25) is 0 Å². The fourth-order valence-electron chi connectivity index (χ4n) is 3.70. The fraction of sp³-hybridized carbons (Fsp3) is 0.682. The van der Waals surface area contributed by atoms with E-state index in [9.17, 15) is 0 Å². The first-order valence-electron chi connectivity index (χ1n) is 10.4. The molecule has 0 spiro atoms. The monoisotopic (exact) mass is 375 g/mol. The molecule has 27 heavy (non-hydrogen) atoms. The molecule has 0 unspecified atom stereocenters. The predicted octanol–water partition coefficient (Wildman–Crippen LogP) is 3.88. The van der Waals surface area contributed by atoms with E-state index in [2.05, 4.69) is 41.8 Å². The molecule has 0 aliphatic heterocycles. The quantitative estimate of drug-likeness (QED) is 0.455. The average Bonchev–Trinajstić information content (AvgIpc) is 3.17. The van der Waals surface area contributed by atoms with E-state index in [4.69, 9.17) is 14.5 Å². The van der Waals surface area contributed by atoms with Crippen LogP contribution in [0.5, 0.6) is 0 Å². The molecule has 152 valence electrons. The van der Waals surface area contributed by atoms with Gasteiger partial charge in [0, 0.05) is 33.4 Å². The minimum atomic E-state index is 0.354. The second kappa shape index (κ2) is 12.0. The van der Waals surface area contributed by atoms with Gasteiger partial charge in [-0.1, -0.05) is 37.1 Å². The number of ether oxygens (including phenoxy) is 2. The number of aliphatic imine (C=N–C) groups is 1. The molecule has 2 rings (SSSR count). The Morgan fingerprint density at radius 1 is 1.07 bits per heavy atom. The highest BCUT2D eigenvalue weighted by Crippen LogP contribution is 2.40. The Bertz CT molecular complexity index is 551. The largest absolute Gasteiger partial charge is 0.385 e. The van der Waals surface area contributed by atoms with E-state index in [1.807, 2.05) is 6.92 Å². The van der Waals surface area contributed by atoms with Gasteiger partial charge in [-0.15, -0.1) is 0 Å². The third kappa shape index (κ3) is 7.51. The third-order valence-electron chi connectivity index (χ3n) is 5.39. The highest BCUT2D eigenvalue weighted by molar-refractivity contribution is 5.79. The summed E-state index contributed by atoms with van der Waals surface area (Å²) in [5, 5.41) is 6.96. The maximum atomic E-state index is 5.45. The molecule has 2 N–H and O–H groups in total. The van der Waals surface area contributed by atoms with Crippen LogP contribution in [0, 0.1) is 5.41 Å². The number of methoxy groups -OCH3 is 1. The minimum Gasteiger partial charge on any atom is -0.385 e. The van der Waals surface area contributed by atoms with Gasteiger partial charge >= 0.3 is 0 Å². The molecule has 0 heterocycles. The third-order valence-corrected chi connectivity index (χ3v) is 5.39. The molecule has 1 aliphatic carbocycles. The van der Waals surface area contributed by atoms with Crippen molar-refractivity contribution in [1.29, 1.82) is 0 Å². The van der Waals surface area contributed by atoms with Crippen molar-refractivity contribution >= 4 is 5.96 Å². The molecular weight excluding hydrogens is 338 g/mol. The van der Waals surface area contributed by atoms with E-state index >= 15 is 0 Å². The van der Waals surface area contributed by atoms with E-state index < -0.39 is 0 Å². The summed E-state index contributed by atoms with van der Waals surface area (Å²) in [7, 11) is 1.79. The van der Waals surface area contributed by atoms with Crippen LogP contribution < -0.4 is 10.6 Å². The van der Waals surface area contributed by atoms with E-state index in [1.165, 1.54) is 36.8 Å². The molecule has 1 fully saturated rings. The molecule has 1 saturated carbocycles. The number of benzene rings is 1. The summed E-state index contributed by atoms with van der Waals surface area (Å²) in [6.45, 7) is 8.89. The van der Waals surface area contributed by atoms with Gasteiger partial charge < -0.3 is 20.1 Å². The normalized spacial score (nSPS) is 16.5. The van der Waals surface area contributed by atoms with Gasteiger partial charge in [-0.05, 0) is 49.7 Å². The van der Waals surface area contributed by atoms with E-state index in [1.54, 1.807) is 7.11 Å². The molecule has 0 aromatic heterocycles. The van der Waals surface area contributed by atoms with Gasteiger partial charge in [0.15, 0.2) is 5.96 Å². The Hall–Kier alpha value is -1.59. The molecule has 1 aromatic rings. The zero-order valence-electron chi connectivity index (χ0n) is 17.4. The summed E-state index contributed by atoms with van der Waals surface area (Å²) in [4.78, 5) is 4.78. The van der Waals surface area contributed by atoms with Crippen molar-refractivity contribution in [3.63, 3.8) is 0 Å². The molecule has 5 nitrogen and oxygen atoms in total. The van der Waals surface area contributed by atoms with Crippen molar-refractivity contribution in [2.45, 2.75) is 59.1 Å². The minimum absolute atomic E-state index is 0.354. The zero-order chi connectivity index (χ0) is 19.4. The van der Waals surface area contributed by atoms with Gasteiger partial charge in [-0.25, -0.2) is 4.99 Å². The van der Waals surface area contributed by atoms with Crippen molar-refractivity contribution < 1.29 is 9.47 Å². The number of guanidine groups is 1. The molecular formula is C22H37N3O2. The Kier molecular flexibility index (Phi) is 9.64. The van der Waals surface area contributed by atoms with Crippen LogP contribution in [0.1, 0.15) is 57.1 Å². The Morgan fingerprint density at radius 3 is 2.41 bits per heavy atom. The van der Waals surface area contributed by atoms with Crippen molar-refractivity contribution in [1.82, 2.24) is 10.6 Å². The summed E-state index contributed by atoms with van der Waals surface area (Å²) >= 11 is 0. The lowest BCUT2D eigenvalue weighted by molar-refractivity contribution is 0.134. The molecule has 1 aromatic carbocycles. The summed E-state index contributed by atoms with van der Waals surface area (Å²) in [5.41, 5.74) is 2.77. The van der Waals surface area contributed by atoms with Crippen molar-refractivity contribution in [3.8, 4) is 0 Å². The summed E-state index contributed by atoms with van der Waals surface area (Å²) in [5.74, 6) is 0.902. The number of rotatable bonds is 11. The summed E-state index contributed by atoms with van der Waals surface area (Å²) in [6, 6.07) is 8.52. The smallest absolute Gasteiger partial charge is 0.191 e. The van der Waals surface area contributed by atoms with E-state index in [0.29, 0.717) is 18.6 Å². The standard InChI is InChI=1S/C22H37N3O2/c1-4-23-21(25-18-22(14-15-26-3)12-6-7-13-22)24-16-19-8-10-20(11-9-19)17-27-5-2/h8-11H,4-7,12-18H2,1-3H3,(H2,23,24,25). The molecule has 0 atom stereocenters. The van der Waals surface area contributed by atoms with Crippen LogP contribution in [0.25, 0.3) is 0 Å². The van der Waals surface area contributed by atoms with Crippen molar-refractivity contribution in [2.24, 2.45) is 10.4 Å². The number of nitrogens with zero attached hydrogens (tertiary/aromatic N) is 1. The van der Waals surface area contributed by atoms with Gasteiger partial charge in [0.25, 0.3) is 0 Å². The molecule has 1 aliphatic rings. The number of hydrogen-bond donors (Lipinski definition) is 2. The second-order valence-electron chi connectivity index (χ2n) is 7.45. The predicted molar refractivity (Wildman–Crippen MR) is 112 cm³/mol. The van der Waals surface area contributed by atoms with Crippen molar-refractivity contribution in [3.05, 3.63) is 35.4 Å². The van der Waals surface area contributed by atoms with Crippen LogP contribution in [0.3, 0.4) is 0 Å². The topological polar surface area (TPSA) is 54.9 Å². The molecule has 0 amide bonds. The van der Waals surface area contributed by atoms with Crippen LogP contribution >= 0.6 is 0 Å². The summed E-state index contributed by atoms with van der Waals surface area (Å²) < 4.78 is 10.8. The van der Waals surface area contributed by atoms with Crippen LogP contribution in [0.4, 0.5) is 0 Å². The maximum Gasteiger partial charge on any atom is 0.191 e. The number of nitrogens with one attached hydrogen (secondary N) is 2. The van der Waals surface area contributed by atoms with Crippen LogP contribution in [0.15, 0.2) is 29.3 Å². The second-order valence-corrected chi connectivity index (χ2v) is 7.45. The lowest BCUT2D eigenvalue weighted by Crippen LogP contribution is -2.43. The first-order chi connectivity index (χ1) is 13.2. The van der Waals surface area contributed by atoms with Crippen LogP contribution in [0.2, 0.25) is 0 Å². The van der Waals surface area contributed by atoms with Gasteiger partial charge in [-0.2, -0.15) is 0 Å². The lowest BCUT2D eigenvalue weighted by atomic mass is 9.83. The highest BCUT2D eigenvalue weighted by Gasteiger charge is 2.33. The Labute approximate surface area is 164 Å². The summed E-state index contributed by atoms with van der Waals surface area (Å²) in [6.07, 6.45) is 6.34. The average molecular weight is 376 g/mol. The number of hydrogen-bond acceptors (Lipinski definition) is 3. The first kappa shape index (κ1) is 21.7. The van der Waals surface area contributed by atoms with Gasteiger partial charge in [0.05, 0.1) is 13.2 Å². The van der Waals surface area contributed by atoms with Crippen LogP contribution in [-0.4, -0.2) is 39.4 Å². The van der Waals surface area contributed by atoms with Gasteiger partial charge in [0.2, 0.25) is 0 Å². The lowest BCUT2D eigenvalue weighted by Gasteiger charge is -2.30. The SMILES string of the molecule is CCNC(=NCc1ccc(COCC)cc1)NCC1(CCOC)CCCC1. The zero-order valence-corrected chi connectivity index (χ0v) is 17.4. The highest BCUT2D eigenvalue weighted by atomic mass is 16.5. The first-order valence-corrected chi connectivity index (χ1v) is 10.4. The van der Waals surface area contributed by atoms with Crippen molar-refractivity contribution in [2.75, 3.05) is 33.4 Å². The van der Waals surface area contributed by atoms with E-state index in [0.717, 1.165) is 38.7 Å². The molecule has 0 bridgehead atoms. The fourth-order valence-corrected chi connectivity index (χ4v) is 3.70. The Morgan fingerprint density at radius 2 is 1.78 bits per heavy atom. The molecule has 0 radical (unpaired) electrons. The van der Waals surface area contributed by atoms with E-state index in [-0.39, 0.29) is 0 Å². The Balaban J connectivity index is 1.91. The molecule has 5 heteroatoms. The maximum absolute atomic E-state index is 5.45. The van der Waals surface area contributed by atoms with Crippen LogP contribution in [-0.2, 0) is 22.6 Å². The molecule has 0 saturated heterocycles. The van der Waals surface area contributed by atoms with Gasteiger partial charge in [0.1, 0.15) is 0 Å².